The molecule has 0 aliphatic carbocycles. The second kappa shape index (κ2) is 6.95. The molecule has 7 heteroatoms. The topological polar surface area (TPSA) is 101 Å². The van der Waals surface area contributed by atoms with Crippen molar-refractivity contribution in [3.63, 3.8) is 0 Å². The van der Waals surface area contributed by atoms with Crippen molar-refractivity contribution in [2.45, 2.75) is 12.8 Å². The number of carbonyl (C=O) groups is 2. The molecule has 1 aromatic rings. The van der Waals surface area contributed by atoms with Crippen LogP contribution in [0.4, 0.5) is 0 Å². The van der Waals surface area contributed by atoms with Crippen LogP contribution < -0.4 is 11.1 Å². The van der Waals surface area contributed by atoms with Gasteiger partial charge in [0, 0.05) is 26.2 Å². The van der Waals surface area contributed by atoms with Gasteiger partial charge in [-0.25, -0.2) is 0 Å². The molecular weight excluding hydrogens is 258 g/mol. The molecule has 1 fully saturated rings. The van der Waals surface area contributed by atoms with E-state index in [1.807, 2.05) is 0 Å². The number of nitrogens with two attached hydrogens (primary N) is 1. The molecule has 2 heterocycles. The molecule has 1 aliphatic rings. The maximum Gasteiger partial charge on any atom is 0.255 e. The lowest BCUT2D eigenvalue weighted by Gasteiger charge is -2.32. The Morgan fingerprint density at radius 3 is 3.00 bits per heavy atom. The summed E-state index contributed by atoms with van der Waals surface area (Å²) < 4.78 is 0. The highest BCUT2D eigenvalue weighted by Gasteiger charge is 2.28. The summed E-state index contributed by atoms with van der Waals surface area (Å²) in [7, 11) is 0. The first-order valence-corrected chi connectivity index (χ1v) is 6.76. The molecule has 0 saturated carbocycles. The van der Waals surface area contributed by atoms with Crippen molar-refractivity contribution >= 4 is 11.8 Å². The van der Waals surface area contributed by atoms with Crippen molar-refractivity contribution in [3.05, 3.63) is 24.0 Å². The predicted octanol–water partition coefficient (Wildman–Crippen LogP) is -0.596. The normalized spacial score (nSPS) is 18.6. The quantitative estimate of drug-likeness (QED) is 0.765. The van der Waals surface area contributed by atoms with E-state index in [0.29, 0.717) is 31.7 Å². The number of likely N-dealkylation sites (tertiary alicyclic amines) is 1. The Balaban J connectivity index is 1.96. The fourth-order valence-corrected chi connectivity index (χ4v) is 2.32. The van der Waals surface area contributed by atoms with E-state index in [0.717, 1.165) is 12.8 Å². The summed E-state index contributed by atoms with van der Waals surface area (Å²) in [5, 5.41) is 10.1. The summed E-state index contributed by atoms with van der Waals surface area (Å²) in [6, 6.07) is 1.63. The zero-order valence-corrected chi connectivity index (χ0v) is 11.3. The van der Waals surface area contributed by atoms with Gasteiger partial charge in [-0.3, -0.25) is 9.59 Å². The average Bonchev–Trinajstić information content (AvgIpc) is 2.52. The van der Waals surface area contributed by atoms with E-state index in [1.54, 1.807) is 11.0 Å². The zero-order chi connectivity index (χ0) is 14.4. The number of aromatic nitrogens is 2. The monoisotopic (exact) mass is 277 g/mol. The van der Waals surface area contributed by atoms with E-state index in [2.05, 4.69) is 15.5 Å². The Morgan fingerprint density at radius 2 is 2.30 bits per heavy atom. The Morgan fingerprint density at radius 1 is 1.45 bits per heavy atom. The number of piperidine rings is 1. The molecule has 1 atom stereocenters. The molecular formula is C13H19N5O2. The lowest BCUT2D eigenvalue weighted by molar-refractivity contribution is -0.126. The SMILES string of the molecule is NCCNC(=O)C1CCCN(C(=O)c2ccnnc2)C1. The van der Waals surface area contributed by atoms with Gasteiger partial charge in [0.05, 0.1) is 23.9 Å². The van der Waals surface area contributed by atoms with Crippen LogP contribution in [-0.4, -0.2) is 53.1 Å². The largest absolute Gasteiger partial charge is 0.355 e. The van der Waals surface area contributed by atoms with Gasteiger partial charge in [0.2, 0.25) is 5.91 Å². The third-order valence-electron chi connectivity index (χ3n) is 3.35. The summed E-state index contributed by atoms with van der Waals surface area (Å²) in [4.78, 5) is 25.9. The molecule has 1 aromatic heterocycles. The molecule has 108 valence electrons. The van der Waals surface area contributed by atoms with Gasteiger partial charge >= 0.3 is 0 Å². The summed E-state index contributed by atoms with van der Waals surface area (Å²) in [6.07, 6.45) is 4.56. The summed E-state index contributed by atoms with van der Waals surface area (Å²) in [5.74, 6) is -0.286. The molecule has 1 unspecified atom stereocenters. The van der Waals surface area contributed by atoms with Crippen LogP contribution in [0.25, 0.3) is 0 Å². The Bertz CT molecular complexity index is 465. The smallest absolute Gasteiger partial charge is 0.255 e. The van der Waals surface area contributed by atoms with Gasteiger partial charge < -0.3 is 16.0 Å². The van der Waals surface area contributed by atoms with E-state index in [-0.39, 0.29) is 17.7 Å². The number of amides is 2. The van der Waals surface area contributed by atoms with E-state index in [1.165, 1.54) is 12.4 Å². The van der Waals surface area contributed by atoms with Gasteiger partial charge in [-0.1, -0.05) is 0 Å². The summed E-state index contributed by atoms with van der Waals surface area (Å²) in [5.41, 5.74) is 5.87. The number of carbonyl (C=O) groups excluding carboxylic acids is 2. The van der Waals surface area contributed by atoms with Crippen molar-refractivity contribution < 1.29 is 9.59 Å². The third kappa shape index (κ3) is 3.51. The first kappa shape index (κ1) is 14.4. The van der Waals surface area contributed by atoms with Gasteiger partial charge in [-0.05, 0) is 18.9 Å². The van der Waals surface area contributed by atoms with Crippen LogP contribution in [0.5, 0.6) is 0 Å². The van der Waals surface area contributed by atoms with Crippen LogP contribution in [-0.2, 0) is 4.79 Å². The van der Waals surface area contributed by atoms with Crippen molar-refractivity contribution in [1.82, 2.24) is 20.4 Å². The second-order valence-corrected chi connectivity index (χ2v) is 4.80. The van der Waals surface area contributed by atoms with Crippen LogP contribution in [0.2, 0.25) is 0 Å². The van der Waals surface area contributed by atoms with Crippen LogP contribution >= 0.6 is 0 Å². The maximum atomic E-state index is 12.3. The molecule has 3 N–H and O–H groups in total. The fourth-order valence-electron chi connectivity index (χ4n) is 2.32. The van der Waals surface area contributed by atoms with Crippen LogP contribution in [0.3, 0.4) is 0 Å². The molecule has 0 spiro atoms. The Labute approximate surface area is 117 Å². The highest BCUT2D eigenvalue weighted by molar-refractivity contribution is 5.94. The molecule has 1 aliphatic heterocycles. The van der Waals surface area contributed by atoms with Crippen LogP contribution in [0, 0.1) is 5.92 Å². The van der Waals surface area contributed by atoms with E-state index >= 15 is 0 Å². The van der Waals surface area contributed by atoms with Crippen molar-refractivity contribution in [2.75, 3.05) is 26.2 Å². The highest BCUT2D eigenvalue weighted by atomic mass is 16.2. The Hall–Kier alpha value is -2.02. The molecule has 0 radical (unpaired) electrons. The number of hydrogen-bond acceptors (Lipinski definition) is 5. The van der Waals surface area contributed by atoms with Gasteiger partial charge in [0.1, 0.15) is 0 Å². The highest BCUT2D eigenvalue weighted by Crippen LogP contribution is 2.18. The maximum absolute atomic E-state index is 12.3. The fraction of sp³-hybridized carbons (Fsp3) is 0.538. The molecule has 2 amide bonds. The first-order valence-electron chi connectivity index (χ1n) is 6.76. The van der Waals surface area contributed by atoms with E-state index in [9.17, 15) is 9.59 Å². The van der Waals surface area contributed by atoms with Crippen molar-refractivity contribution in [2.24, 2.45) is 11.7 Å². The number of hydrogen-bond donors (Lipinski definition) is 2. The summed E-state index contributed by atoms with van der Waals surface area (Å²) >= 11 is 0. The third-order valence-corrected chi connectivity index (χ3v) is 3.35. The van der Waals surface area contributed by atoms with Crippen LogP contribution in [0.1, 0.15) is 23.2 Å². The minimum atomic E-state index is -0.158. The minimum Gasteiger partial charge on any atom is -0.355 e. The molecule has 2 rings (SSSR count). The molecule has 20 heavy (non-hydrogen) atoms. The van der Waals surface area contributed by atoms with Crippen molar-refractivity contribution in [3.8, 4) is 0 Å². The predicted molar refractivity (Wildman–Crippen MR) is 72.7 cm³/mol. The molecule has 0 bridgehead atoms. The molecule has 1 saturated heterocycles. The number of nitrogens with one attached hydrogen (secondary N) is 1. The summed E-state index contributed by atoms with van der Waals surface area (Å²) in [6.45, 7) is 2.00. The van der Waals surface area contributed by atoms with E-state index < -0.39 is 0 Å². The molecule has 0 aromatic carbocycles. The first-order chi connectivity index (χ1) is 9.72. The lowest BCUT2D eigenvalue weighted by atomic mass is 9.96. The lowest BCUT2D eigenvalue weighted by Crippen LogP contribution is -2.46. The molecule has 7 nitrogen and oxygen atoms in total. The van der Waals surface area contributed by atoms with Gasteiger partial charge in [0.15, 0.2) is 0 Å². The van der Waals surface area contributed by atoms with Gasteiger partial charge in [-0.2, -0.15) is 10.2 Å². The second-order valence-electron chi connectivity index (χ2n) is 4.80. The van der Waals surface area contributed by atoms with Crippen molar-refractivity contribution in [1.29, 1.82) is 0 Å². The number of rotatable bonds is 4. The minimum absolute atomic E-state index is 0.0270. The van der Waals surface area contributed by atoms with Crippen LogP contribution in [0.15, 0.2) is 18.5 Å². The average molecular weight is 277 g/mol. The van der Waals surface area contributed by atoms with E-state index in [4.69, 9.17) is 5.73 Å². The number of nitrogens with zero attached hydrogens (tertiary/aromatic N) is 3. The van der Waals surface area contributed by atoms with Gasteiger partial charge in [0.25, 0.3) is 5.91 Å². The Kier molecular flexibility index (Phi) is 5.00. The standard InChI is InChI=1S/C13H19N5O2/c14-4-6-15-12(19)11-2-1-7-18(9-11)13(20)10-3-5-16-17-8-10/h3,5,8,11H,1-2,4,6-7,9,14H2,(H,15,19). The zero-order valence-electron chi connectivity index (χ0n) is 11.3. The van der Waals surface area contributed by atoms with Gasteiger partial charge in [-0.15, -0.1) is 0 Å².